The van der Waals surface area contributed by atoms with Gasteiger partial charge in [0.15, 0.2) is 0 Å². The molecule has 0 atom stereocenters. The number of hydrogen-bond acceptors (Lipinski definition) is 3. The fraction of sp³-hybridized carbons (Fsp3) is 0.636. The van der Waals surface area contributed by atoms with Gasteiger partial charge in [0, 0.05) is 24.0 Å². The smallest absolute Gasteiger partial charge is 0.0171 e. The molecule has 0 heterocycles. The third-order valence-corrected chi connectivity index (χ3v) is 4.41. The Bertz CT molecular complexity index is 391. The van der Waals surface area contributed by atoms with Crippen molar-refractivity contribution < 1.29 is 0 Å². The molecular formula is C22H42N2S. The highest BCUT2D eigenvalue weighted by molar-refractivity contribution is 7.97. The summed E-state index contributed by atoms with van der Waals surface area (Å²) < 4.78 is 3.49. The molecule has 0 aromatic heterocycles. The molecule has 1 saturated carbocycles. The van der Waals surface area contributed by atoms with Crippen molar-refractivity contribution in [3.8, 4) is 0 Å². The van der Waals surface area contributed by atoms with Crippen molar-refractivity contribution in [2.75, 3.05) is 12.3 Å². The average molecular weight is 367 g/mol. The summed E-state index contributed by atoms with van der Waals surface area (Å²) in [6, 6.07) is 0.818. The topological polar surface area (TPSA) is 24.1 Å². The second kappa shape index (κ2) is 19.4. The first kappa shape index (κ1) is 26.3. The average Bonchev–Trinajstić information content (AvgIpc) is 2.63. The minimum absolute atomic E-state index is 0.818. The fourth-order valence-corrected chi connectivity index (χ4v) is 3.05. The third kappa shape index (κ3) is 16.3. The molecule has 0 amide bonds. The van der Waals surface area contributed by atoms with Crippen molar-refractivity contribution >= 4 is 11.9 Å². The van der Waals surface area contributed by atoms with Crippen LogP contribution in [-0.2, 0) is 0 Å². The number of nitrogens with one attached hydrogen (secondary N) is 2. The van der Waals surface area contributed by atoms with Crippen LogP contribution in [0.5, 0.6) is 0 Å². The van der Waals surface area contributed by atoms with Crippen LogP contribution in [0.4, 0.5) is 0 Å². The minimum Gasteiger partial charge on any atom is -0.389 e. The van der Waals surface area contributed by atoms with Crippen LogP contribution in [0.2, 0.25) is 0 Å². The van der Waals surface area contributed by atoms with E-state index in [0.29, 0.717) is 0 Å². The van der Waals surface area contributed by atoms with Crippen LogP contribution in [0.25, 0.3) is 0 Å². The Morgan fingerprint density at radius 1 is 1.08 bits per heavy atom. The first-order chi connectivity index (χ1) is 12.0. The van der Waals surface area contributed by atoms with Crippen LogP contribution >= 0.6 is 11.9 Å². The standard InChI is InChI=1S/C12H19N.C8H17NS.C2H6/c1-6-8-10(3)11(4)9-12(5)13-7-2;1-2-10-9-8-6-4-3-5-7-8;1-2/h6,8-9,13H,3-4,7H2,1-2,5H3;8-9H,2-7H2,1H3;1-2H3/b8-6-,12-9+;;. The zero-order valence-electron chi connectivity index (χ0n) is 17.6. The molecule has 0 radical (unpaired) electrons. The molecule has 0 unspecified atom stereocenters. The van der Waals surface area contributed by atoms with Crippen molar-refractivity contribution in [2.45, 2.75) is 79.7 Å². The largest absolute Gasteiger partial charge is 0.389 e. The summed E-state index contributed by atoms with van der Waals surface area (Å²) in [4.78, 5) is 0. The van der Waals surface area contributed by atoms with Gasteiger partial charge in [-0.25, -0.2) is 0 Å². The second-order valence-electron chi connectivity index (χ2n) is 5.79. The van der Waals surface area contributed by atoms with E-state index in [0.717, 1.165) is 29.4 Å². The van der Waals surface area contributed by atoms with Crippen LogP contribution < -0.4 is 10.0 Å². The zero-order valence-corrected chi connectivity index (χ0v) is 18.4. The Kier molecular flexibility index (Phi) is 20.4. The number of rotatable bonds is 8. The predicted octanol–water partition coefficient (Wildman–Crippen LogP) is 6.79. The van der Waals surface area contributed by atoms with E-state index < -0.39 is 0 Å². The van der Waals surface area contributed by atoms with Crippen LogP contribution in [0.1, 0.15) is 73.6 Å². The summed E-state index contributed by atoms with van der Waals surface area (Å²) in [6.07, 6.45) is 13.0. The molecule has 0 aromatic rings. The van der Waals surface area contributed by atoms with Crippen LogP contribution in [0.3, 0.4) is 0 Å². The van der Waals surface area contributed by atoms with Gasteiger partial charge >= 0.3 is 0 Å². The molecule has 0 bridgehead atoms. The van der Waals surface area contributed by atoms with Gasteiger partial charge in [0.2, 0.25) is 0 Å². The van der Waals surface area contributed by atoms with Gasteiger partial charge in [-0.15, -0.1) is 0 Å². The molecule has 0 spiro atoms. The van der Waals surface area contributed by atoms with Gasteiger partial charge < -0.3 is 5.32 Å². The van der Waals surface area contributed by atoms with Crippen LogP contribution in [0, 0.1) is 0 Å². The van der Waals surface area contributed by atoms with E-state index in [1.807, 2.05) is 57.9 Å². The summed E-state index contributed by atoms with van der Waals surface area (Å²) in [5.74, 6) is 1.19. The monoisotopic (exact) mass is 366 g/mol. The van der Waals surface area contributed by atoms with Crippen molar-refractivity contribution in [2.24, 2.45) is 0 Å². The lowest BCUT2D eigenvalue weighted by atomic mass is 9.96. The van der Waals surface area contributed by atoms with E-state index in [9.17, 15) is 0 Å². The SMILES string of the molecule is C=C(/C=C\C)C(=C)/C=C(\C)NCC.CC.CCSNC1CCCCC1. The van der Waals surface area contributed by atoms with Gasteiger partial charge in [0.25, 0.3) is 0 Å². The van der Waals surface area contributed by atoms with Crippen molar-refractivity contribution in [1.29, 1.82) is 0 Å². The molecule has 1 aliphatic rings. The molecule has 2 N–H and O–H groups in total. The highest BCUT2D eigenvalue weighted by atomic mass is 32.2. The Hall–Kier alpha value is -0.930. The third-order valence-electron chi connectivity index (χ3n) is 3.63. The maximum absolute atomic E-state index is 3.93. The summed E-state index contributed by atoms with van der Waals surface area (Å²) in [5, 5.41) is 3.21. The van der Waals surface area contributed by atoms with Crippen molar-refractivity contribution in [1.82, 2.24) is 10.0 Å². The lowest BCUT2D eigenvalue weighted by molar-refractivity contribution is 0.423. The molecular weight excluding hydrogens is 324 g/mol. The van der Waals surface area contributed by atoms with E-state index in [-0.39, 0.29) is 0 Å². The maximum Gasteiger partial charge on any atom is 0.0171 e. The zero-order chi connectivity index (χ0) is 19.5. The Morgan fingerprint density at radius 3 is 2.16 bits per heavy atom. The second-order valence-corrected chi connectivity index (χ2v) is 6.90. The van der Waals surface area contributed by atoms with E-state index in [4.69, 9.17) is 0 Å². The van der Waals surface area contributed by atoms with E-state index >= 15 is 0 Å². The lowest BCUT2D eigenvalue weighted by Gasteiger charge is -2.21. The number of hydrogen-bond donors (Lipinski definition) is 2. The molecule has 1 fully saturated rings. The van der Waals surface area contributed by atoms with Crippen molar-refractivity contribution in [3.05, 3.63) is 48.2 Å². The number of allylic oxidation sites excluding steroid dienone is 6. The summed E-state index contributed by atoms with van der Waals surface area (Å²) in [5.41, 5.74) is 3.04. The fourth-order valence-electron chi connectivity index (χ4n) is 2.41. The first-order valence-corrected chi connectivity index (χ1v) is 10.8. The summed E-state index contributed by atoms with van der Waals surface area (Å²) in [6.45, 7) is 21.0. The molecule has 25 heavy (non-hydrogen) atoms. The Morgan fingerprint density at radius 2 is 1.68 bits per heavy atom. The minimum atomic E-state index is 0.818. The molecule has 1 rings (SSSR count). The quantitative estimate of drug-likeness (QED) is 0.365. The molecule has 146 valence electrons. The molecule has 2 nitrogen and oxygen atoms in total. The maximum atomic E-state index is 3.93. The Balaban J connectivity index is 0. The van der Waals surface area contributed by atoms with E-state index in [1.54, 1.807) is 0 Å². The van der Waals surface area contributed by atoms with Gasteiger partial charge in [-0.05, 0) is 50.8 Å². The predicted molar refractivity (Wildman–Crippen MR) is 120 cm³/mol. The lowest BCUT2D eigenvalue weighted by Crippen LogP contribution is -2.25. The van der Waals surface area contributed by atoms with E-state index in [1.165, 1.54) is 37.9 Å². The van der Waals surface area contributed by atoms with Gasteiger partial charge in [-0.1, -0.05) is 77.3 Å². The van der Waals surface area contributed by atoms with Gasteiger partial charge in [-0.2, -0.15) is 0 Å². The van der Waals surface area contributed by atoms with Crippen LogP contribution in [-0.4, -0.2) is 18.3 Å². The van der Waals surface area contributed by atoms with Gasteiger partial charge in [0.1, 0.15) is 0 Å². The highest BCUT2D eigenvalue weighted by Gasteiger charge is 2.11. The molecule has 0 aliphatic heterocycles. The van der Waals surface area contributed by atoms with Gasteiger partial charge in [-0.3, -0.25) is 4.72 Å². The normalized spacial score (nSPS) is 14.9. The highest BCUT2D eigenvalue weighted by Crippen LogP contribution is 2.18. The van der Waals surface area contributed by atoms with Crippen LogP contribution in [0.15, 0.2) is 48.2 Å². The molecule has 3 heteroatoms. The Labute approximate surface area is 162 Å². The summed E-state index contributed by atoms with van der Waals surface area (Å²) >= 11 is 1.86. The molecule has 0 aromatic carbocycles. The first-order valence-electron chi connectivity index (χ1n) is 9.85. The molecule has 1 aliphatic carbocycles. The van der Waals surface area contributed by atoms with E-state index in [2.05, 4.69) is 37.0 Å². The van der Waals surface area contributed by atoms with Gasteiger partial charge in [0.05, 0.1) is 0 Å². The van der Waals surface area contributed by atoms with Crippen molar-refractivity contribution in [3.63, 3.8) is 0 Å². The summed E-state index contributed by atoms with van der Waals surface area (Å²) in [7, 11) is 0. The molecule has 0 saturated heterocycles.